The summed E-state index contributed by atoms with van der Waals surface area (Å²) in [5.41, 5.74) is 0.613. The fraction of sp³-hybridized carbons (Fsp3) is 0.600. The Kier molecular flexibility index (Phi) is 5.11. The van der Waals surface area contributed by atoms with Crippen LogP contribution in [0.25, 0.3) is 0 Å². The lowest BCUT2D eigenvalue weighted by Gasteiger charge is -2.39. The predicted octanol–water partition coefficient (Wildman–Crippen LogP) is 1.99. The lowest BCUT2D eigenvalue weighted by molar-refractivity contribution is -0.134. The molecule has 26 heavy (non-hydrogen) atoms. The smallest absolute Gasteiger partial charge is 0.260 e. The molecule has 2 heterocycles. The Morgan fingerprint density at radius 1 is 1.15 bits per heavy atom. The quantitative estimate of drug-likeness (QED) is 0.874. The first-order valence-corrected chi connectivity index (χ1v) is 9.64. The zero-order valence-electron chi connectivity index (χ0n) is 15.0. The van der Waals surface area contributed by atoms with E-state index in [0.717, 1.165) is 45.4 Å². The lowest BCUT2D eigenvalue weighted by Crippen LogP contribution is -2.53. The van der Waals surface area contributed by atoms with Crippen LogP contribution in [0.2, 0.25) is 0 Å². The number of carbonyl (C=O) groups excluding carboxylic acids is 2. The molecule has 4 rings (SSSR count). The molecule has 2 amide bonds. The van der Waals surface area contributed by atoms with Crippen molar-refractivity contribution in [2.75, 3.05) is 26.3 Å². The van der Waals surface area contributed by atoms with Crippen molar-refractivity contribution in [1.29, 1.82) is 0 Å². The minimum atomic E-state index is -0.0590. The van der Waals surface area contributed by atoms with E-state index in [1.54, 1.807) is 24.3 Å². The van der Waals surface area contributed by atoms with E-state index in [-0.39, 0.29) is 24.5 Å². The maximum Gasteiger partial charge on any atom is 0.260 e. The van der Waals surface area contributed by atoms with Gasteiger partial charge in [0, 0.05) is 37.2 Å². The number of piperidine rings is 1. The van der Waals surface area contributed by atoms with Crippen LogP contribution in [0.3, 0.4) is 0 Å². The van der Waals surface area contributed by atoms with E-state index in [1.807, 2.05) is 4.90 Å². The number of rotatable bonds is 5. The van der Waals surface area contributed by atoms with Crippen LogP contribution < -0.4 is 10.1 Å². The van der Waals surface area contributed by atoms with Crippen LogP contribution in [0.4, 0.5) is 0 Å². The highest BCUT2D eigenvalue weighted by Gasteiger charge is 2.45. The van der Waals surface area contributed by atoms with Crippen molar-refractivity contribution in [3.63, 3.8) is 0 Å². The van der Waals surface area contributed by atoms with Crippen LogP contribution in [-0.2, 0) is 9.53 Å². The summed E-state index contributed by atoms with van der Waals surface area (Å²) in [5, 5.41) is 3.10. The van der Waals surface area contributed by atoms with Gasteiger partial charge in [-0.05, 0) is 56.4 Å². The van der Waals surface area contributed by atoms with Crippen molar-refractivity contribution >= 4 is 11.8 Å². The van der Waals surface area contributed by atoms with Gasteiger partial charge in [0.15, 0.2) is 6.61 Å². The number of hydrogen-bond acceptors (Lipinski definition) is 4. The number of carbonyl (C=O) groups is 2. The summed E-state index contributed by atoms with van der Waals surface area (Å²) in [7, 11) is 0. The van der Waals surface area contributed by atoms with Crippen molar-refractivity contribution in [3.8, 4) is 5.75 Å². The molecule has 3 atom stereocenters. The van der Waals surface area contributed by atoms with Crippen molar-refractivity contribution in [2.24, 2.45) is 5.92 Å². The van der Waals surface area contributed by atoms with Crippen LogP contribution in [0.15, 0.2) is 24.3 Å². The lowest BCUT2D eigenvalue weighted by atomic mass is 9.76. The number of nitrogens with one attached hydrogen (secondary N) is 1. The van der Waals surface area contributed by atoms with Crippen LogP contribution in [0.5, 0.6) is 5.75 Å². The Balaban J connectivity index is 1.25. The zero-order valence-corrected chi connectivity index (χ0v) is 15.0. The highest BCUT2D eigenvalue weighted by atomic mass is 16.5. The topological polar surface area (TPSA) is 67.9 Å². The summed E-state index contributed by atoms with van der Waals surface area (Å²) in [6.07, 6.45) is 5.63. The molecule has 2 aliphatic heterocycles. The van der Waals surface area contributed by atoms with Crippen molar-refractivity contribution in [1.82, 2.24) is 10.2 Å². The van der Waals surface area contributed by atoms with Crippen molar-refractivity contribution < 1.29 is 19.1 Å². The molecule has 1 saturated carbocycles. The molecule has 3 aliphatic rings. The summed E-state index contributed by atoms with van der Waals surface area (Å²) < 4.78 is 11.2. The van der Waals surface area contributed by atoms with Gasteiger partial charge in [0.25, 0.3) is 11.8 Å². The Morgan fingerprint density at radius 3 is 2.65 bits per heavy atom. The predicted molar refractivity (Wildman–Crippen MR) is 96.1 cm³/mol. The van der Waals surface area contributed by atoms with E-state index in [9.17, 15) is 9.59 Å². The molecule has 6 nitrogen and oxygen atoms in total. The average Bonchev–Trinajstić information content (AvgIpc) is 3.06. The van der Waals surface area contributed by atoms with Crippen LogP contribution >= 0.6 is 0 Å². The molecule has 3 unspecified atom stereocenters. The van der Waals surface area contributed by atoms with Gasteiger partial charge in [-0.3, -0.25) is 9.59 Å². The van der Waals surface area contributed by atoms with Gasteiger partial charge < -0.3 is 19.7 Å². The molecule has 3 fully saturated rings. The molecule has 1 aromatic rings. The SMILES string of the molecule is O=C(NC1CC2OCCC12)c1ccc(OCC(=O)N2CCCCC2)cc1. The van der Waals surface area contributed by atoms with E-state index < -0.39 is 0 Å². The van der Waals surface area contributed by atoms with Gasteiger partial charge in [-0.1, -0.05) is 0 Å². The number of hydrogen-bond donors (Lipinski definition) is 1. The Labute approximate surface area is 153 Å². The molecular formula is C20H26N2O4. The molecule has 0 radical (unpaired) electrons. The fourth-order valence-corrected chi connectivity index (χ4v) is 4.10. The first-order chi connectivity index (χ1) is 12.7. The van der Waals surface area contributed by atoms with Gasteiger partial charge >= 0.3 is 0 Å². The van der Waals surface area contributed by atoms with Crippen LogP contribution in [0.1, 0.15) is 42.5 Å². The number of amides is 2. The summed E-state index contributed by atoms with van der Waals surface area (Å²) >= 11 is 0. The first kappa shape index (κ1) is 17.3. The number of benzene rings is 1. The zero-order chi connectivity index (χ0) is 17.9. The molecule has 1 N–H and O–H groups in total. The largest absolute Gasteiger partial charge is 0.484 e. The third-order valence-electron chi connectivity index (χ3n) is 5.77. The van der Waals surface area contributed by atoms with Gasteiger partial charge in [0.05, 0.1) is 6.10 Å². The Hall–Kier alpha value is -2.08. The minimum absolute atomic E-state index is 0.0323. The second kappa shape index (κ2) is 7.66. The molecule has 0 aromatic heterocycles. The summed E-state index contributed by atoms with van der Waals surface area (Å²) in [6, 6.07) is 7.23. The van der Waals surface area contributed by atoms with Crippen LogP contribution in [-0.4, -0.2) is 55.2 Å². The van der Waals surface area contributed by atoms with Crippen molar-refractivity contribution in [2.45, 2.75) is 44.2 Å². The van der Waals surface area contributed by atoms with E-state index in [4.69, 9.17) is 9.47 Å². The Bertz CT molecular complexity index is 654. The number of fused-ring (bicyclic) bond motifs is 1. The molecule has 0 bridgehead atoms. The molecular weight excluding hydrogens is 332 g/mol. The first-order valence-electron chi connectivity index (χ1n) is 9.64. The Morgan fingerprint density at radius 2 is 1.92 bits per heavy atom. The molecule has 2 saturated heterocycles. The van der Waals surface area contributed by atoms with Gasteiger partial charge in [-0.25, -0.2) is 0 Å². The van der Waals surface area contributed by atoms with E-state index >= 15 is 0 Å². The highest BCUT2D eigenvalue weighted by molar-refractivity contribution is 5.94. The number of nitrogens with zero attached hydrogens (tertiary/aromatic N) is 1. The van der Waals surface area contributed by atoms with Gasteiger partial charge in [-0.15, -0.1) is 0 Å². The molecule has 6 heteroatoms. The monoisotopic (exact) mass is 358 g/mol. The standard InChI is InChI=1S/C20H26N2O4/c23-19(22-9-2-1-3-10-22)13-26-15-6-4-14(5-7-15)20(24)21-17-12-18-16(17)8-11-25-18/h4-7,16-18H,1-3,8-13H2,(H,21,24). The summed E-state index contributed by atoms with van der Waals surface area (Å²) in [4.78, 5) is 26.4. The third-order valence-corrected chi connectivity index (χ3v) is 5.77. The van der Waals surface area contributed by atoms with Gasteiger partial charge in [-0.2, -0.15) is 0 Å². The van der Waals surface area contributed by atoms with Crippen molar-refractivity contribution in [3.05, 3.63) is 29.8 Å². The maximum absolute atomic E-state index is 12.4. The third kappa shape index (κ3) is 3.70. The molecule has 1 aliphatic carbocycles. The normalized spacial score (nSPS) is 27.4. The van der Waals surface area contributed by atoms with E-state index in [2.05, 4.69) is 5.32 Å². The second-order valence-electron chi connectivity index (χ2n) is 7.43. The van der Waals surface area contributed by atoms with Crippen LogP contribution in [0, 0.1) is 5.92 Å². The van der Waals surface area contributed by atoms with E-state index in [0.29, 0.717) is 23.3 Å². The molecule has 0 spiro atoms. The second-order valence-corrected chi connectivity index (χ2v) is 7.43. The molecule has 1 aromatic carbocycles. The number of likely N-dealkylation sites (tertiary alicyclic amines) is 1. The summed E-state index contributed by atoms with van der Waals surface area (Å²) in [5.74, 6) is 1.06. The minimum Gasteiger partial charge on any atom is -0.484 e. The summed E-state index contributed by atoms with van der Waals surface area (Å²) in [6.45, 7) is 2.52. The fourth-order valence-electron chi connectivity index (χ4n) is 4.10. The van der Waals surface area contributed by atoms with E-state index in [1.165, 1.54) is 6.42 Å². The molecule has 140 valence electrons. The highest BCUT2D eigenvalue weighted by Crippen LogP contribution is 2.38. The number of ether oxygens (including phenoxy) is 2. The average molecular weight is 358 g/mol. The van der Waals surface area contributed by atoms with Gasteiger partial charge in [0.1, 0.15) is 5.75 Å². The maximum atomic E-state index is 12.4. The van der Waals surface area contributed by atoms with Gasteiger partial charge in [0.2, 0.25) is 0 Å².